The quantitative estimate of drug-likeness (QED) is 0.824. The Bertz CT molecular complexity index is 652. The van der Waals surface area contributed by atoms with Gasteiger partial charge in [0.05, 0.1) is 5.70 Å². The molecular formula is C20H25NO2. The zero-order valence-electron chi connectivity index (χ0n) is 14.1. The van der Waals surface area contributed by atoms with E-state index in [4.69, 9.17) is 0 Å². The molecule has 3 heteroatoms. The minimum atomic E-state index is -0.0211. The monoisotopic (exact) mass is 311 g/mol. The maximum absolute atomic E-state index is 12.7. The standard InChI is InChI=1S/C20H25NO2/c1-14(2)6-5-7-15-8-9-16-17(12-15)19(22)13-18(20(16)23)21-10-3-4-11-21/h8-9,12-14H,3-7,10-11H2,1-2H3. The van der Waals surface area contributed by atoms with Gasteiger partial charge in [-0.15, -0.1) is 0 Å². The predicted molar refractivity (Wildman–Crippen MR) is 91.8 cm³/mol. The summed E-state index contributed by atoms with van der Waals surface area (Å²) < 4.78 is 0. The minimum absolute atomic E-state index is 0.00947. The molecule has 0 atom stereocenters. The highest BCUT2D eigenvalue weighted by Gasteiger charge is 2.30. The number of fused-ring (bicyclic) bond motifs is 1. The molecule has 0 radical (unpaired) electrons. The number of rotatable bonds is 5. The Hall–Kier alpha value is -1.90. The molecule has 23 heavy (non-hydrogen) atoms. The lowest BCUT2D eigenvalue weighted by Gasteiger charge is -2.24. The van der Waals surface area contributed by atoms with E-state index in [0.29, 0.717) is 22.7 Å². The van der Waals surface area contributed by atoms with Gasteiger partial charge in [0.25, 0.3) is 0 Å². The molecule has 1 aromatic carbocycles. The van der Waals surface area contributed by atoms with E-state index in [1.54, 1.807) is 6.08 Å². The van der Waals surface area contributed by atoms with E-state index in [2.05, 4.69) is 18.7 Å². The van der Waals surface area contributed by atoms with Crippen molar-refractivity contribution in [3.05, 3.63) is 46.7 Å². The molecule has 0 amide bonds. The lowest BCUT2D eigenvalue weighted by molar-refractivity contribution is 0.0957. The molecule has 1 aromatic rings. The number of hydrogen-bond acceptors (Lipinski definition) is 3. The minimum Gasteiger partial charge on any atom is -0.368 e. The summed E-state index contributed by atoms with van der Waals surface area (Å²) in [5, 5.41) is 0. The van der Waals surface area contributed by atoms with Crippen LogP contribution in [0.1, 0.15) is 65.8 Å². The Morgan fingerprint density at radius 2 is 1.83 bits per heavy atom. The molecule has 2 aliphatic rings. The van der Waals surface area contributed by atoms with E-state index >= 15 is 0 Å². The molecule has 0 unspecified atom stereocenters. The van der Waals surface area contributed by atoms with Crippen LogP contribution in [0.4, 0.5) is 0 Å². The van der Waals surface area contributed by atoms with Gasteiger partial charge in [0, 0.05) is 30.3 Å². The number of carbonyl (C=O) groups excluding carboxylic acids is 2. The first-order valence-electron chi connectivity index (χ1n) is 8.75. The Labute approximate surface area is 138 Å². The normalized spacial score (nSPS) is 17.7. The smallest absolute Gasteiger partial charge is 0.209 e. The van der Waals surface area contributed by atoms with E-state index in [1.165, 1.54) is 6.42 Å². The third kappa shape index (κ3) is 3.39. The van der Waals surface area contributed by atoms with E-state index in [-0.39, 0.29) is 11.6 Å². The van der Waals surface area contributed by atoms with Crippen LogP contribution >= 0.6 is 0 Å². The Morgan fingerprint density at radius 3 is 2.52 bits per heavy atom. The van der Waals surface area contributed by atoms with Crippen LogP contribution in [0.25, 0.3) is 0 Å². The topological polar surface area (TPSA) is 37.4 Å². The highest BCUT2D eigenvalue weighted by Crippen LogP contribution is 2.27. The highest BCUT2D eigenvalue weighted by molar-refractivity contribution is 6.24. The Morgan fingerprint density at radius 1 is 1.09 bits per heavy atom. The third-order valence-corrected chi connectivity index (χ3v) is 4.79. The van der Waals surface area contributed by atoms with Gasteiger partial charge < -0.3 is 4.90 Å². The molecule has 0 saturated carbocycles. The number of hydrogen-bond donors (Lipinski definition) is 0. The van der Waals surface area contributed by atoms with Crippen molar-refractivity contribution in [2.24, 2.45) is 5.92 Å². The summed E-state index contributed by atoms with van der Waals surface area (Å²) in [6.45, 7) is 6.21. The molecule has 3 rings (SSSR count). The number of aryl methyl sites for hydroxylation is 1. The molecule has 0 bridgehead atoms. The number of nitrogens with zero attached hydrogens (tertiary/aromatic N) is 1. The Balaban J connectivity index is 1.80. The van der Waals surface area contributed by atoms with Crippen LogP contribution < -0.4 is 0 Å². The maximum Gasteiger partial charge on any atom is 0.209 e. The number of carbonyl (C=O) groups is 2. The summed E-state index contributed by atoms with van der Waals surface area (Å²) >= 11 is 0. The number of allylic oxidation sites excluding steroid dienone is 2. The van der Waals surface area contributed by atoms with Gasteiger partial charge in [-0.05, 0) is 49.3 Å². The molecule has 0 aromatic heterocycles. The van der Waals surface area contributed by atoms with Crippen molar-refractivity contribution in [3.63, 3.8) is 0 Å². The molecule has 3 nitrogen and oxygen atoms in total. The van der Waals surface area contributed by atoms with Gasteiger partial charge in [0.2, 0.25) is 5.78 Å². The first-order valence-corrected chi connectivity index (χ1v) is 8.75. The van der Waals surface area contributed by atoms with Crippen LogP contribution in [0.5, 0.6) is 0 Å². The molecule has 1 fully saturated rings. The van der Waals surface area contributed by atoms with Crippen LogP contribution in [0.2, 0.25) is 0 Å². The number of ketones is 2. The van der Waals surface area contributed by atoms with Crippen molar-refractivity contribution in [2.45, 2.75) is 46.0 Å². The van der Waals surface area contributed by atoms with Gasteiger partial charge in [-0.2, -0.15) is 0 Å². The fourth-order valence-corrected chi connectivity index (χ4v) is 3.46. The number of benzene rings is 1. The lowest BCUT2D eigenvalue weighted by atomic mass is 9.89. The molecule has 0 N–H and O–H groups in total. The van der Waals surface area contributed by atoms with Crippen molar-refractivity contribution in [1.29, 1.82) is 0 Å². The summed E-state index contributed by atoms with van der Waals surface area (Å²) in [4.78, 5) is 27.2. The SMILES string of the molecule is CC(C)CCCc1ccc2c(c1)C(=O)C=C(N1CCCC1)C2=O. The summed E-state index contributed by atoms with van der Waals surface area (Å²) in [5.41, 5.74) is 2.91. The summed E-state index contributed by atoms with van der Waals surface area (Å²) in [6, 6.07) is 5.79. The van der Waals surface area contributed by atoms with Gasteiger partial charge in [0.15, 0.2) is 5.78 Å². The van der Waals surface area contributed by atoms with Gasteiger partial charge in [-0.25, -0.2) is 0 Å². The molecular weight excluding hydrogens is 286 g/mol. The molecule has 0 spiro atoms. The van der Waals surface area contributed by atoms with Crippen molar-refractivity contribution >= 4 is 11.6 Å². The van der Waals surface area contributed by atoms with Crippen LogP contribution in [-0.2, 0) is 6.42 Å². The summed E-state index contributed by atoms with van der Waals surface area (Å²) in [7, 11) is 0. The van der Waals surface area contributed by atoms with Crippen LogP contribution in [-0.4, -0.2) is 29.6 Å². The van der Waals surface area contributed by atoms with Crippen molar-refractivity contribution < 1.29 is 9.59 Å². The van der Waals surface area contributed by atoms with Crippen LogP contribution in [0.15, 0.2) is 30.0 Å². The van der Waals surface area contributed by atoms with Gasteiger partial charge in [-0.3, -0.25) is 9.59 Å². The highest BCUT2D eigenvalue weighted by atomic mass is 16.1. The molecule has 122 valence electrons. The van der Waals surface area contributed by atoms with Crippen molar-refractivity contribution in [1.82, 2.24) is 4.90 Å². The zero-order valence-corrected chi connectivity index (χ0v) is 14.1. The lowest BCUT2D eigenvalue weighted by Crippen LogP contribution is -2.29. The van der Waals surface area contributed by atoms with E-state index in [9.17, 15) is 9.59 Å². The molecule has 1 aliphatic heterocycles. The predicted octanol–water partition coefficient (Wildman–Crippen LogP) is 4.02. The van der Waals surface area contributed by atoms with Crippen LogP contribution in [0.3, 0.4) is 0 Å². The summed E-state index contributed by atoms with van der Waals surface area (Å²) in [5.74, 6) is 0.684. The van der Waals surface area contributed by atoms with Crippen molar-refractivity contribution in [3.8, 4) is 0 Å². The second-order valence-corrected chi connectivity index (χ2v) is 7.08. The number of likely N-dealkylation sites (tertiary alicyclic amines) is 1. The third-order valence-electron chi connectivity index (χ3n) is 4.79. The zero-order chi connectivity index (χ0) is 16.4. The van der Waals surface area contributed by atoms with Crippen molar-refractivity contribution in [2.75, 3.05) is 13.1 Å². The van der Waals surface area contributed by atoms with E-state index in [1.807, 2.05) is 18.2 Å². The van der Waals surface area contributed by atoms with Gasteiger partial charge in [-0.1, -0.05) is 26.3 Å². The second-order valence-electron chi connectivity index (χ2n) is 7.08. The number of Topliss-reactive ketones (excluding diaryl/α,β-unsaturated/α-hetero) is 1. The molecule has 1 saturated heterocycles. The average Bonchev–Trinajstić information content (AvgIpc) is 3.04. The molecule has 1 aliphatic carbocycles. The Kier molecular flexibility index (Phi) is 4.65. The fourth-order valence-electron chi connectivity index (χ4n) is 3.46. The first-order chi connectivity index (χ1) is 11.1. The fraction of sp³-hybridized carbons (Fsp3) is 0.500. The maximum atomic E-state index is 12.7. The van der Waals surface area contributed by atoms with Gasteiger partial charge in [0.1, 0.15) is 0 Å². The van der Waals surface area contributed by atoms with E-state index in [0.717, 1.165) is 44.3 Å². The molecule has 1 heterocycles. The van der Waals surface area contributed by atoms with E-state index < -0.39 is 0 Å². The largest absolute Gasteiger partial charge is 0.368 e. The summed E-state index contributed by atoms with van der Waals surface area (Å²) in [6.07, 6.45) is 7.01. The second kappa shape index (κ2) is 6.69. The first kappa shape index (κ1) is 16.0. The van der Waals surface area contributed by atoms with Crippen LogP contribution in [0, 0.1) is 5.92 Å². The average molecular weight is 311 g/mol. The van der Waals surface area contributed by atoms with Gasteiger partial charge >= 0.3 is 0 Å².